The number of para-hydroxylation sites is 1. The van der Waals surface area contributed by atoms with Crippen molar-refractivity contribution < 1.29 is 9.59 Å². The number of benzene rings is 1. The summed E-state index contributed by atoms with van der Waals surface area (Å²) in [4.78, 5) is 26.5. The number of allylic oxidation sites excluding steroid dienone is 1. The van der Waals surface area contributed by atoms with Gasteiger partial charge in [0.15, 0.2) is 0 Å². The smallest absolute Gasteiger partial charge is 0.256 e. The van der Waals surface area contributed by atoms with Crippen molar-refractivity contribution in [3.63, 3.8) is 0 Å². The van der Waals surface area contributed by atoms with Gasteiger partial charge in [-0.05, 0) is 25.8 Å². The molecule has 1 aliphatic rings. The highest BCUT2D eigenvalue weighted by Crippen LogP contribution is 2.27. The van der Waals surface area contributed by atoms with Crippen LogP contribution >= 0.6 is 0 Å². The van der Waals surface area contributed by atoms with Gasteiger partial charge in [0.05, 0.1) is 11.5 Å². The van der Waals surface area contributed by atoms with E-state index in [1.54, 1.807) is 4.90 Å². The summed E-state index contributed by atoms with van der Waals surface area (Å²) in [5, 5.41) is 0.928. The largest absolute Gasteiger partial charge is 0.369 e. The van der Waals surface area contributed by atoms with Crippen molar-refractivity contribution in [1.82, 2.24) is 9.47 Å². The number of amides is 2. The quantitative estimate of drug-likeness (QED) is 0.878. The number of nitrogens with two attached hydrogens (primary N) is 1. The van der Waals surface area contributed by atoms with Gasteiger partial charge in [-0.3, -0.25) is 9.59 Å². The number of carbonyl (C=O) groups is 2. The SMILES string of the molecule is C=CCn1cc(C(=O)N2C[C@H](C(N)=O)CC[C@@H]2C)c2ccccc21. The monoisotopic (exact) mass is 325 g/mol. The first-order valence-corrected chi connectivity index (χ1v) is 8.32. The molecular formula is C19H23N3O2. The van der Waals surface area contributed by atoms with Crippen molar-refractivity contribution in [3.8, 4) is 0 Å². The summed E-state index contributed by atoms with van der Waals surface area (Å²) in [6.45, 7) is 6.85. The van der Waals surface area contributed by atoms with Crippen LogP contribution in [0.15, 0.2) is 43.1 Å². The Morgan fingerprint density at radius 2 is 2.08 bits per heavy atom. The first-order valence-electron chi connectivity index (χ1n) is 8.32. The molecule has 1 saturated heterocycles. The lowest BCUT2D eigenvalue weighted by molar-refractivity contribution is -0.123. The molecule has 5 heteroatoms. The van der Waals surface area contributed by atoms with Crippen molar-refractivity contribution >= 4 is 22.7 Å². The van der Waals surface area contributed by atoms with E-state index in [9.17, 15) is 9.59 Å². The third-order valence-corrected chi connectivity index (χ3v) is 4.89. The van der Waals surface area contributed by atoms with Gasteiger partial charge in [-0.1, -0.05) is 24.3 Å². The van der Waals surface area contributed by atoms with Crippen LogP contribution in [0.5, 0.6) is 0 Å². The number of hydrogen-bond donors (Lipinski definition) is 1. The summed E-state index contributed by atoms with van der Waals surface area (Å²) < 4.78 is 2.02. The Bertz CT molecular complexity index is 793. The van der Waals surface area contributed by atoms with Crippen LogP contribution in [-0.2, 0) is 11.3 Å². The Kier molecular flexibility index (Phi) is 4.42. The van der Waals surface area contributed by atoms with Gasteiger partial charge in [0, 0.05) is 36.2 Å². The van der Waals surface area contributed by atoms with E-state index in [1.807, 2.05) is 48.0 Å². The minimum absolute atomic E-state index is 0.0348. The molecule has 2 N–H and O–H groups in total. The molecular weight excluding hydrogens is 302 g/mol. The van der Waals surface area contributed by atoms with E-state index in [-0.39, 0.29) is 23.8 Å². The van der Waals surface area contributed by atoms with Crippen molar-refractivity contribution in [2.75, 3.05) is 6.54 Å². The molecule has 0 aliphatic carbocycles. The van der Waals surface area contributed by atoms with Crippen LogP contribution in [0.3, 0.4) is 0 Å². The van der Waals surface area contributed by atoms with E-state index in [1.165, 1.54) is 0 Å². The lowest BCUT2D eigenvalue weighted by Gasteiger charge is -2.36. The van der Waals surface area contributed by atoms with Gasteiger partial charge < -0.3 is 15.2 Å². The Hall–Kier alpha value is -2.56. The number of nitrogens with zero attached hydrogens (tertiary/aromatic N) is 2. The van der Waals surface area contributed by atoms with Gasteiger partial charge in [-0.25, -0.2) is 0 Å². The Balaban J connectivity index is 1.98. The molecule has 0 unspecified atom stereocenters. The zero-order valence-electron chi connectivity index (χ0n) is 13.9. The lowest BCUT2D eigenvalue weighted by atomic mass is 9.92. The number of fused-ring (bicyclic) bond motifs is 1. The van der Waals surface area contributed by atoms with Crippen LogP contribution in [0, 0.1) is 5.92 Å². The number of carbonyl (C=O) groups excluding carboxylic acids is 2. The lowest BCUT2D eigenvalue weighted by Crippen LogP contribution is -2.48. The molecule has 5 nitrogen and oxygen atoms in total. The maximum atomic E-state index is 13.1. The first kappa shape index (κ1) is 16.3. The fourth-order valence-corrected chi connectivity index (χ4v) is 3.48. The second-order valence-electron chi connectivity index (χ2n) is 6.48. The first-order chi connectivity index (χ1) is 11.5. The number of primary amides is 1. The minimum Gasteiger partial charge on any atom is -0.369 e. The second kappa shape index (κ2) is 6.51. The average Bonchev–Trinajstić information content (AvgIpc) is 2.94. The third kappa shape index (κ3) is 2.82. The van der Waals surface area contributed by atoms with Crippen LogP contribution in [-0.4, -0.2) is 33.9 Å². The molecule has 1 aromatic heterocycles. The van der Waals surface area contributed by atoms with Crippen molar-refractivity contribution in [2.45, 2.75) is 32.4 Å². The van der Waals surface area contributed by atoms with E-state index < -0.39 is 0 Å². The zero-order chi connectivity index (χ0) is 17.3. The minimum atomic E-state index is -0.325. The number of hydrogen-bond acceptors (Lipinski definition) is 2. The van der Waals surface area contributed by atoms with Gasteiger partial charge in [0.1, 0.15) is 0 Å². The number of likely N-dealkylation sites (tertiary alicyclic amines) is 1. The molecule has 0 spiro atoms. The summed E-state index contributed by atoms with van der Waals surface area (Å²) in [5.74, 6) is -0.618. The highest BCUT2D eigenvalue weighted by molar-refractivity contribution is 6.07. The molecule has 0 saturated carbocycles. The fraction of sp³-hybridized carbons (Fsp3) is 0.368. The van der Waals surface area contributed by atoms with E-state index >= 15 is 0 Å². The third-order valence-electron chi connectivity index (χ3n) is 4.89. The normalized spacial score (nSPS) is 21.0. The maximum absolute atomic E-state index is 13.1. The van der Waals surface area contributed by atoms with E-state index in [2.05, 4.69) is 6.58 Å². The zero-order valence-corrected chi connectivity index (χ0v) is 13.9. The predicted molar refractivity (Wildman–Crippen MR) is 94.6 cm³/mol. The molecule has 1 aliphatic heterocycles. The summed E-state index contributed by atoms with van der Waals surface area (Å²) in [5.41, 5.74) is 7.14. The van der Waals surface area contributed by atoms with Crippen LogP contribution in [0.25, 0.3) is 10.9 Å². The highest BCUT2D eigenvalue weighted by atomic mass is 16.2. The molecule has 0 bridgehead atoms. The van der Waals surface area contributed by atoms with Crippen LogP contribution in [0.4, 0.5) is 0 Å². The van der Waals surface area contributed by atoms with Crippen molar-refractivity contribution in [3.05, 3.63) is 48.7 Å². The molecule has 2 amide bonds. The highest BCUT2D eigenvalue weighted by Gasteiger charge is 2.33. The molecule has 2 heterocycles. The molecule has 2 aromatic rings. The molecule has 2 atom stereocenters. The maximum Gasteiger partial charge on any atom is 0.256 e. The van der Waals surface area contributed by atoms with Crippen LogP contribution in [0.2, 0.25) is 0 Å². The van der Waals surface area contributed by atoms with Crippen LogP contribution < -0.4 is 5.73 Å². The number of aromatic nitrogens is 1. The van der Waals surface area contributed by atoms with Crippen LogP contribution in [0.1, 0.15) is 30.1 Å². The number of rotatable bonds is 4. The van der Waals surface area contributed by atoms with Gasteiger partial charge in [0.25, 0.3) is 5.91 Å². The van der Waals surface area contributed by atoms with Gasteiger partial charge in [-0.15, -0.1) is 6.58 Å². The standard InChI is InChI=1S/C19H23N3O2/c1-3-10-21-12-16(15-6-4-5-7-17(15)21)19(24)22-11-14(18(20)23)9-8-13(22)2/h3-7,12-14H,1,8-11H2,2H3,(H2,20,23)/t13-,14+/m0/s1. The summed E-state index contributed by atoms with van der Waals surface area (Å²) in [6, 6.07) is 7.96. The van der Waals surface area contributed by atoms with Gasteiger partial charge in [-0.2, -0.15) is 0 Å². The molecule has 3 rings (SSSR count). The second-order valence-corrected chi connectivity index (χ2v) is 6.48. The average molecular weight is 325 g/mol. The number of piperidine rings is 1. The molecule has 126 valence electrons. The van der Waals surface area contributed by atoms with E-state index in [0.29, 0.717) is 18.7 Å². The van der Waals surface area contributed by atoms with Gasteiger partial charge >= 0.3 is 0 Å². The Labute approximate surface area is 141 Å². The van der Waals surface area contributed by atoms with Gasteiger partial charge in [0.2, 0.25) is 5.91 Å². The van der Waals surface area contributed by atoms with Crippen molar-refractivity contribution in [1.29, 1.82) is 0 Å². The fourth-order valence-electron chi connectivity index (χ4n) is 3.48. The molecule has 24 heavy (non-hydrogen) atoms. The van der Waals surface area contributed by atoms with E-state index in [0.717, 1.165) is 23.7 Å². The summed E-state index contributed by atoms with van der Waals surface area (Å²) >= 11 is 0. The predicted octanol–water partition coefficient (Wildman–Crippen LogP) is 2.55. The summed E-state index contributed by atoms with van der Waals surface area (Å²) in [6.07, 6.45) is 5.24. The molecule has 1 fully saturated rings. The van der Waals surface area contributed by atoms with E-state index in [4.69, 9.17) is 5.73 Å². The van der Waals surface area contributed by atoms with Crippen molar-refractivity contribution in [2.24, 2.45) is 11.7 Å². The molecule has 0 radical (unpaired) electrons. The Morgan fingerprint density at radius 1 is 1.33 bits per heavy atom. The topological polar surface area (TPSA) is 68.3 Å². The summed E-state index contributed by atoms with van der Waals surface area (Å²) in [7, 11) is 0. The Morgan fingerprint density at radius 3 is 2.79 bits per heavy atom. The molecule has 1 aromatic carbocycles.